The van der Waals surface area contributed by atoms with Crippen molar-refractivity contribution in [1.29, 1.82) is 0 Å². The van der Waals surface area contributed by atoms with E-state index in [2.05, 4.69) is 228 Å². The van der Waals surface area contributed by atoms with Gasteiger partial charge < -0.3 is 9.13 Å². The molecule has 0 saturated heterocycles. The minimum Gasteiger partial charge on any atom is -0.309 e. The molecule has 2 heteroatoms. The monoisotopic (exact) mass is 712 g/mol. The maximum absolute atomic E-state index is 2.46. The largest absolute Gasteiger partial charge is 0.309 e. The van der Waals surface area contributed by atoms with Crippen LogP contribution in [0.3, 0.4) is 0 Å². The number of nitrogens with zero attached hydrogens (tertiary/aromatic N) is 2. The molecule has 2 heterocycles. The molecule has 0 aliphatic heterocycles. The van der Waals surface area contributed by atoms with Gasteiger partial charge in [-0.05, 0) is 99.1 Å². The third-order valence-corrected chi connectivity index (χ3v) is 11.3. The number of rotatable bonds is 6. The van der Waals surface area contributed by atoms with Crippen molar-refractivity contribution in [3.05, 3.63) is 218 Å². The Balaban J connectivity index is 1.12. The maximum atomic E-state index is 2.46. The summed E-state index contributed by atoms with van der Waals surface area (Å²) in [6, 6.07) is 79.5. The Kier molecular flexibility index (Phi) is 7.53. The van der Waals surface area contributed by atoms with E-state index in [4.69, 9.17) is 0 Å². The molecule has 0 radical (unpaired) electrons. The summed E-state index contributed by atoms with van der Waals surface area (Å²) in [4.78, 5) is 0. The fourth-order valence-electron chi connectivity index (χ4n) is 8.65. The molecule has 2 aromatic heterocycles. The van der Waals surface area contributed by atoms with Gasteiger partial charge in [0.25, 0.3) is 0 Å². The van der Waals surface area contributed by atoms with Gasteiger partial charge in [0.1, 0.15) is 0 Å². The van der Waals surface area contributed by atoms with Gasteiger partial charge in [0.2, 0.25) is 0 Å². The summed E-state index contributed by atoms with van der Waals surface area (Å²) in [5.74, 6) is 0. The van der Waals surface area contributed by atoms with Crippen LogP contribution < -0.4 is 0 Å². The van der Waals surface area contributed by atoms with Crippen LogP contribution in [-0.2, 0) is 0 Å². The van der Waals surface area contributed by atoms with Gasteiger partial charge in [0.05, 0.1) is 22.1 Å². The van der Waals surface area contributed by atoms with Crippen LogP contribution in [0.4, 0.5) is 0 Å². The zero-order valence-electron chi connectivity index (χ0n) is 30.7. The van der Waals surface area contributed by atoms with Gasteiger partial charge in [-0.1, -0.05) is 164 Å². The second kappa shape index (κ2) is 13.2. The molecule has 262 valence electrons. The predicted molar refractivity (Wildman–Crippen MR) is 237 cm³/mol. The Labute approximate surface area is 325 Å². The third-order valence-electron chi connectivity index (χ3n) is 11.3. The van der Waals surface area contributed by atoms with Gasteiger partial charge in [-0.2, -0.15) is 0 Å². The van der Waals surface area contributed by atoms with Crippen molar-refractivity contribution in [2.45, 2.75) is 0 Å². The summed E-state index contributed by atoms with van der Waals surface area (Å²) in [6.07, 6.45) is 0. The molecule has 2 nitrogen and oxygen atoms in total. The van der Waals surface area contributed by atoms with Gasteiger partial charge in [-0.25, -0.2) is 0 Å². The quantitative estimate of drug-likeness (QED) is 0.162. The Morgan fingerprint density at radius 3 is 1.09 bits per heavy atom. The first-order valence-electron chi connectivity index (χ1n) is 19.3. The van der Waals surface area contributed by atoms with E-state index in [9.17, 15) is 0 Å². The van der Waals surface area contributed by atoms with Crippen molar-refractivity contribution < 1.29 is 0 Å². The molecule has 0 saturated carbocycles. The number of fused-ring (bicyclic) bond motifs is 6. The first kappa shape index (κ1) is 32.0. The Bertz CT molecular complexity index is 3170. The first-order chi connectivity index (χ1) is 27.8. The van der Waals surface area contributed by atoms with Gasteiger partial charge in [-0.15, -0.1) is 0 Å². The van der Waals surface area contributed by atoms with Gasteiger partial charge in [0.15, 0.2) is 0 Å². The molecule has 0 bridgehead atoms. The molecule has 11 rings (SSSR count). The molecular formula is C54H36N2. The lowest BCUT2D eigenvalue weighted by molar-refractivity contribution is 1.18. The van der Waals surface area contributed by atoms with Crippen LogP contribution >= 0.6 is 0 Å². The highest BCUT2D eigenvalue weighted by Crippen LogP contribution is 2.40. The Morgan fingerprint density at radius 1 is 0.196 bits per heavy atom. The number of hydrogen-bond donors (Lipinski definition) is 0. The Hall–Kier alpha value is -7.42. The van der Waals surface area contributed by atoms with E-state index < -0.39 is 0 Å². The lowest BCUT2D eigenvalue weighted by Crippen LogP contribution is -1.96. The Morgan fingerprint density at radius 2 is 0.571 bits per heavy atom. The van der Waals surface area contributed by atoms with Crippen LogP contribution in [0, 0.1) is 0 Å². The van der Waals surface area contributed by atoms with Crippen LogP contribution in [0.5, 0.6) is 0 Å². The van der Waals surface area contributed by atoms with Crippen LogP contribution in [0.2, 0.25) is 0 Å². The summed E-state index contributed by atoms with van der Waals surface area (Å²) in [6.45, 7) is 0. The van der Waals surface area contributed by atoms with E-state index in [1.807, 2.05) is 0 Å². The average Bonchev–Trinajstić information content (AvgIpc) is 3.79. The van der Waals surface area contributed by atoms with E-state index in [0.717, 1.165) is 11.4 Å². The fourth-order valence-corrected chi connectivity index (χ4v) is 8.65. The third kappa shape index (κ3) is 5.34. The minimum atomic E-state index is 1.14. The van der Waals surface area contributed by atoms with E-state index in [1.165, 1.54) is 88.1 Å². The van der Waals surface area contributed by atoms with Crippen LogP contribution in [-0.4, -0.2) is 9.13 Å². The second-order valence-electron chi connectivity index (χ2n) is 14.6. The van der Waals surface area contributed by atoms with E-state index in [-0.39, 0.29) is 0 Å². The molecule has 0 amide bonds. The first-order valence-corrected chi connectivity index (χ1v) is 19.3. The number of benzene rings is 9. The van der Waals surface area contributed by atoms with E-state index in [1.54, 1.807) is 0 Å². The summed E-state index contributed by atoms with van der Waals surface area (Å²) in [5.41, 5.74) is 16.6. The highest BCUT2D eigenvalue weighted by atomic mass is 15.0. The summed E-state index contributed by atoms with van der Waals surface area (Å²) in [7, 11) is 0. The van der Waals surface area contributed by atoms with Crippen LogP contribution in [0.15, 0.2) is 218 Å². The van der Waals surface area contributed by atoms with Crippen molar-refractivity contribution in [3.8, 4) is 55.9 Å². The molecule has 11 aromatic rings. The molecule has 0 unspecified atom stereocenters. The molecule has 0 fully saturated rings. The SMILES string of the molecule is c1ccc(-c2cccc(-n3c4ccccc4c4ccc(-c5ccc6c7ccccc7n(-c7cc(-c8ccccc8)cc(-c8ccccc8)c7)c6c5)cc43)c2)cc1. The normalized spacial score (nSPS) is 11.6. The van der Waals surface area contributed by atoms with E-state index in [0.29, 0.717) is 0 Å². The van der Waals surface area contributed by atoms with Crippen molar-refractivity contribution in [1.82, 2.24) is 9.13 Å². The van der Waals surface area contributed by atoms with Crippen molar-refractivity contribution >= 4 is 43.6 Å². The van der Waals surface area contributed by atoms with Gasteiger partial charge in [0, 0.05) is 32.9 Å². The van der Waals surface area contributed by atoms with Crippen LogP contribution in [0.25, 0.3) is 99.5 Å². The standard InChI is InChI=1S/C54H36N2/c1-4-15-37(16-5-1)40-21-14-22-45(32-40)55-51-25-12-10-23-47(51)49-29-27-41(35-53(49)55)42-28-30-50-48-24-11-13-26-52(48)56(54(50)36-42)46-33-43(38-17-6-2-7-18-38)31-44(34-46)39-19-8-3-9-20-39/h1-36H. The highest BCUT2D eigenvalue weighted by Gasteiger charge is 2.18. The van der Waals surface area contributed by atoms with Crippen molar-refractivity contribution in [3.63, 3.8) is 0 Å². The zero-order valence-corrected chi connectivity index (χ0v) is 30.7. The minimum absolute atomic E-state index is 1.14. The van der Waals surface area contributed by atoms with E-state index >= 15 is 0 Å². The maximum Gasteiger partial charge on any atom is 0.0547 e. The lowest BCUT2D eigenvalue weighted by Gasteiger charge is -2.14. The molecule has 0 atom stereocenters. The topological polar surface area (TPSA) is 9.86 Å². The molecule has 0 aliphatic rings. The zero-order chi connectivity index (χ0) is 37.0. The molecular weight excluding hydrogens is 677 g/mol. The summed E-state index contributed by atoms with van der Waals surface area (Å²) >= 11 is 0. The molecule has 0 aliphatic carbocycles. The van der Waals surface area contributed by atoms with Crippen molar-refractivity contribution in [2.24, 2.45) is 0 Å². The average molecular weight is 713 g/mol. The van der Waals surface area contributed by atoms with Crippen LogP contribution in [0.1, 0.15) is 0 Å². The molecule has 0 spiro atoms. The number of aromatic nitrogens is 2. The molecule has 0 N–H and O–H groups in total. The predicted octanol–water partition coefficient (Wildman–Crippen LogP) is 14.5. The number of hydrogen-bond acceptors (Lipinski definition) is 0. The highest BCUT2D eigenvalue weighted by molar-refractivity contribution is 6.12. The molecule has 9 aromatic carbocycles. The smallest absolute Gasteiger partial charge is 0.0547 e. The van der Waals surface area contributed by atoms with Gasteiger partial charge in [-0.3, -0.25) is 0 Å². The second-order valence-corrected chi connectivity index (χ2v) is 14.6. The lowest BCUT2D eigenvalue weighted by atomic mass is 9.98. The van der Waals surface area contributed by atoms with Gasteiger partial charge >= 0.3 is 0 Å². The summed E-state index contributed by atoms with van der Waals surface area (Å²) in [5, 5.41) is 4.98. The molecule has 56 heavy (non-hydrogen) atoms. The van der Waals surface area contributed by atoms with Crippen molar-refractivity contribution in [2.75, 3.05) is 0 Å². The fraction of sp³-hybridized carbons (Fsp3) is 0. The summed E-state index contributed by atoms with van der Waals surface area (Å²) < 4.78 is 4.88. The number of para-hydroxylation sites is 2.